The molecule has 1 unspecified atom stereocenters. The smallest absolute Gasteiger partial charge is 0.134 e. The standard InChI is InChI=1S/C13H12F3NO/c1-2-11-8(3-4-18-11)13(17)12-9(15)5-7(14)6-10(12)16/h3-6,13H,2,17H2,1H3. The lowest BCUT2D eigenvalue weighted by molar-refractivity contribution is 0.497. The van der Waals surface area contributed by atoms with Gasteiger partial charge in [-0.15, -0.1) is 0 Å². The molecule has 2 rings (SSSR count). The predicted molar refractivity (Wildman–Crippen MR) is 60.4 cm³/mol. The maximum atomic E-state index is 13.6. The summed E-state index contributed by atoms with van der Waals surface area (Å²) in [6.45, 7) is 1.84. The van der Waals surface area contributed by atoms with Gasteiger partial charge in [0.05, 0.1) is 12.3 Å². The lowest BCUT2D eigenvalue weighted by atomic mass is 9.98. The number of hydrogen-bond donors (Lipinski definition) is 1. The molecular weight excluding hydrogens is 243 g/mol. The molecule has 2 aromatic rings. The Labute approximate surface area is 102 Å². The Morgan fingerprint density at radius 3 is 2.39 bits per heavy atom. The summed E-state index contributed by atoms with van der Waals surface area (Å²) in [5, 5.41) is 0. The van der Waals surface area contributed by atoms with E-state index in [4.69, 9.17) is 10.2 Å². The van der Waals surface area contributed by atoms with E-state index in [0.29, 0.717) is 29.9 Å². The van der Waals surface area contributed by atoms with Crippen LogP contribution in [-0.4, -0.2) is 0 Å². The van der Waals surface area contributed by atoms with E-state index in [1.54, 1.807) is 6.07 Å². The maximum absolute atomic E-state index is 13.6. The Hall–Kier alpha value is -1.75. The highest BCUT2D eigenvalue weighted by atomic mass is 19.1. The van der Waals surface area contributed by atoms with E-state index >= 15 is 0 Å². The van der Waals surface area contributed by atoms with Crippen molar-refractivity contribution in [3.8, 4) is 0 Å². The van der Waals surface area contributed by atoms with E-state index < -0.39 is 23.5 Å². The number of aryl methyl sites for hydroxylation is 1. The first kappa shape index (κ1) is 12.7. The second-order valence-electron chi connectivity index (χ2n) is 3.91. The van der Waals surface area contributed by atoms with Crippen LogP contribution < -0.4 is 5.73 Å². The van der Waals surface area contributed by atoms with Gasteiger partial charge in [0.1, 0.15) is 23.2 Å². The molecule has 18 heavy (non-hydrogen) atoms. The van der Waals surface area contributed by atoms with Crippen molar-refractivity contribution in [1.29, 1.82) is 0 Å². The van der Waals surface area contributed by atoms with Gasteiger partial charge in [-0.05, 0) is 6.07 Å². The van der Waals surface area contributed by atoms with Crippen molar-refractivity contribution >= 4 is 0 Å². The van der Waals surface area contributed by atoms with Crippen LogP contribution in [0.15, 0.2) is 28.9 Å². The van der Waals surface area contributed by atoms with Gasteiger partial charge < -0.3 is 10.2 Å². The van der Waals surface area contributed by atoms with E-state index in [9.17, 15) is 13.2 Å². The van der Waals surface area contributed by atoms with Gasteiger partial charge in [0, 0.05) is 29.7 Å². The molecule has 0 spiro atoms. The second kappa shape index (κ2) is 4.86. The van der Waals surface area contributed by atoms with Crippen molar-refractivity contribution in [2.24, 2.45) is 5.73 Å². The number of nitrogens with two attached hydrogens (primary N) is 1. The quantitative estimate of drug-likeness (QED) is 0.913. The zero-order valence-corrected chi connectivity index (χ0v) is 9.71. The average molecular weight is 255 g/mol. The highest BCUT2D eigenvalue weighted by Gasteiger charge is 2.22. The van der Waals surface area contributed by atoms with E-state index in [1.165, 1.54) is 6.26 Å². The minimum absolute atomic E-state index is 0.354. The Bertz CT molecular complexity index is 542. The third kappa shape index (κ3) is 2.13. The maximum Gasteiger partial charge on any atom is 0.134 e. The first-order chi connectivity index (χ1) is 8.54. The summed E-state index contributed by atoms with van der Waals surface area (Å²) >= 11 is 0. The lowest BCUT2D eigenvalue weighted by Crippen LogP contribution is -2.16. The van der Waals surface area contributed by atoms with Crippen molar-refractivity contribution in [1.82, 2.24) is 0 Å². The second-order valence-corrected chi connectivity index (χ2v) is 3.91. The summed E-state index contributed by atoms with van der Waals surface area (Å²) in [7, 11) is 0. The highest BCUT2D eigenvalue weighted by Crippen LogP contribution is 2.28. The molecule has 0 fully saturated rings. The normalized spacial score (nSPS) is 12.7. The van der Waals surface area contributed by atoms with Gasteiger partial charge in [-0.1, -0.05) is 6.92 Å². The van der Waals surface area contributed by atoms with Crippen molar-refractivity contribution < 1.29 is 17.6 Å². The molecule has 1 atom stereocenters. The third-order valence-electron chi connectivity index (χ3n) is 2.79. The van der Waals surface area contributed by atoms with Crippen LogP contribution in [0.1, 0.15) is 29.9 Å². The zero-order chi connectivity index (χ0) is 13.3. The number of furan rings is 1. The van der Waals surface area contributed by atoms with Crippen molar-refractivity contribution in [3.63, 3.8) is 0 Å². The van der Waals surface area contributed by atoms with E-state index in [1.807, 2.05) is 6.92 Å². The summed E-state index contributed by atoms with van der Waals surface area (Å²) in [4.78, 5) is 0. The summed E-state index contributed by atoms with van der Waals surface area (Å²) in [5.41, 5.74) is 5.97. The predicted octanol–water partition coefficient (Wildman–Crippen LogP) is 3.31. The first-order valence-corrected chi connectivity index (χ1v) is 5.50. The van der Waals surface area contributed by atoms with Gasteiger partial charge in [0.2, 0.25) is 0 Å². The molecule has 0 saturated carbocycles. The molecule has 0 aliphatic rings. The topological polar surface area (TPSA) is 39.2 Å². The average Bonchev–Trinajstić information content (AvgIpc) is 2.75. The minimum Gasteiger partial charge on any atom is -0.469 e. The molecule has 2 nitrogen and oxygen atoms in total. The number of rotatable bonds is 3. The van der Waals surface area contributed by atoms with Crippen LogP contribution in [0.5, 0.6) is 0 Å². The molecule has 0 saturated heterocycles. The SMILES string of the molecule is CCc1occc1C(N)c1c(F)cc(F)cc1F. The van der Waals surface area contributed by atoms with Crippen LogP contribution in [0, 0.1) is 17.5 Å². The molecule has 0 aliphatic heterocycles. The fraction of sp³-hybridized carbons (Fsp3) is 0.231. The van der Waals surface area contributed by atoms with Crippen LogP contribution in [0.25, 0.3) is 0 Å². The molecule has 0 aliphatic carbocycles. The zero-order valence-electron chi connectivity index (χ0n) is 9.71. The largest absolute Gasteiger partial charge is 0.469 e. The summed E-state index contributed by atoms with van der Waals surface area (Å²) in [6.07, 6.45) is 1.97. The number of benzene rings is 1. The fourth-order valence-corrected chi connectivity index (χ4v) is 1.92. The monoisotopic (exact) mass is 255 g/mol. The van der Waals surface area contributed by atoms with Gasteiger partial charge in [-0.3, -0.25) is 0 Å². The van der Waals surface area contributed by atoms with Crippen molar-refractivity contribution in [3.05, 3.63) is 58.8 Å². The Balaban J connectivity index is 2.49. The Kier molecular flexibility index (Phi) is 3.43. The van der Waals surface area contributed by atoms with Crippen LogP contribution in [0.2, 0.25) is 0 Å². The molecule has 0 amide bonds. The van der Waals surface area contributed by atoms with Crippen molar-refractivity contribution in [2.75, 3.05) is 0 Å². The van der Waals surface area contributed by atoms with Gasteiger partial charge in [0.15, 0.2) is 0 Å². The molecule has 5 heteroatoms. The summed E-state index contributed by atoms with van der Waals surface area (Å²) in [5.74, 6) is -2.40. The summed E-state index contributed by atoms with van der Waals surface area (Å²) < 4.78 is 45.2. The molecule has 96 valence electrons. The molecule has 0 bridgehead atoms. The third-order valence-corrected chi connectivity index (χ3v) is 2.79. The molecule has 2 N–H and O–H groups in total. The van der Waals surface area contributed by atoms with Gasteiger partial charge in [-0.2, -0.15) is 0 Å². The van der Waals surface area contributed by atoms with Gasteiger partial charge in [-0.25, -0.2) is 13.2 Å². The Morgan fingerprint density at radius 2 is 1.83 bits per heavy atom. The number of hydrogen-bond acceptors (Lipinski definition) is 2. The highest BCUT2D eigenvalue weighted by molar-refractivity contribution is 5.34. The Morgan fingerprint density at radius 1 is 1.22 bits per heavy atom. The molecule has 0 radical (unpaired) electrons. The van der Waals surface area contributed by atoms with Gasteiger partial charge >= 0.3 is 0 Å². The number of halogens is 3. The summed E-state index contributed by atoms with van der Waals surface area (Å²) in [6, 6.07) is 1.78. The molecule has 1 heterocycles. The molecule has 1 aromatic heterocycles. The van der Waals surface area contributed by atoms with Crippen LogP contribution in [0.4, 0.5) is 13.2 Å². The van der Waals surface area contributed by atoms with E-state index in [2.05, 4.69) is 0 Å². The fourth-order valence-electron chi connectivity index (χ4n) is 1.92. The molecular formula is C13H12F3NO. The lowest BCUT2D eigenvalue weighted by Gasteiger charge is -2.14. The minimum atomic E-state index is -1.01. The van der Waals surface area contributed by atoms with Crippen LogP contribution in [-0.2, 0) is 6.42 Å². The van der Waals surface area contributed by atoms with Gasteiger partial charge in [0.25, 0.3) is 0 Å². The van der Waals surface area contributed by atoms with E-state index in [0.717, 1.165) is 0 Å². The molecule has 1 aromatic carbocycles. The first-order valence-electron chi connectivity index (χ1n) is 5.50. The van der Waals surface area contributed by atoms with E-state index in [-0.39, 0.29) is 5.56 Å². The van der Waals surface area contributed by atoms with Crippen LogP contribution >= 0.6 is 0 Å². The van der Waals surface area contributed by atoms with Crippen LogP contribution in [0.3, 0.4) is 0 Å². The van der Waals surface area contributed by atoms with Crippen molar-refractivity contribution in [2.45, 2.75) is 19.4 Å².